The van der Waals surface area contributed by atoms with E-state index in [0.717, 1.165) is 11.8 Å². The topological polar surface area (TPSA) is 24.5 Å². The van der Waals surface area contributed by atoms with Crippen LogP contribution in [0.25, 0.3) is 0 Å². The molecule has 1 heterocycles. The molecule has 1 N–H and O–H groups in total. The zero-order valence-electron chi connectivity index (χ0n) is 12.9. The summed E-state index contributed by atoms with van der Waals surface area (Å²) in [5, 5.41) is 3.55. The Morgan fingerprint density at radius 2 is 2.25 bits per heavy atom. The number of likely N-dealkylation sites (tertiary alicyclic amines) is 1. The lowest BCUT2D eigenvalue weighted by atomic mass is 10.0. The highest BCUT2D eigenvalue weighted by Crippen LogP contribution is 2.39. The minimum absolute atomic E-state index is 0.437. The molecule has 1 aromatic carbocycles. The fourth-order valence-electron chi connectivity index (χ4n) is 4.12. The van der Waals surface area contributed by atoms with E-state index < -0.39 is 0 Å². The van der Waals surface area contributed by atoms with Gasteiger partial charge in [-0.2, -0.15) is 0 Å². The molecule has 3 rings (SSSR count). The maximum Gasteiger partial charge on any atom is 0.119 e. The van der Waals surface area contributed by atoms with Crippen LogP contribution in [0.15, 0.2) is 18.2 Å². The van der Waals surface area contributed by atoms with E-state index in [2.05, 4.69) is 42.4 Å². The van der Waals surface area contributed by atoms with E-state index in [1.807, 2.05) is 0 Å². The Labute approximate surface area is 122 Å². The van der Waals surface area contributed by atoms with E-state index in [0.29, 0.717) is 12.1 Å². The molecule has 3 unspecified atom stereocenters. The van der Waals surface area contributed by atoms with Crippen molar-refractivity contribution in [3.05, 3.63) is 29.3 Å². The van der Waals surface area contributed by atoms with E-state index in [1.54, 1.807) is 7.11 Å². The molecule has 3 atom stereocenters. The van der Waals surface area contributed by atoms with E-state index in [4.69, 9.17) is 4.74 Å². The first-order valence-corrected chi connectivity index (χ1v) is 7.88. The van der Waals surface area contributed by atoms with Crippen molar-refractivity contribution < 1.29 is 4.74 Å². The fourth-order valence-corrected chi connectivity index (χ4v) is 4.12. The molecule has 1 fully saturated rings. The van der Waals surface area contributed by atoms with Gasteiger partial charge < -0.3 is 10.1 Å². The average Bonchev–Trinajstić information content (AvgIpc) is 3.09. The van der Waals surface area contributed by atoms with Crippen molar-refractivity contribution in [2.24, 2.45) is 0 Å². The van der Waals surface area contributed by atoms with Crippen LogP contribution in [0.3, 0.4) is 0 Å². The SMILES string of the molecule is CCC1CCCN1C1Cc2ccc(OC)cc2C1NC. The Morgan fingerprint density at radius 1 is 1.40 bits per heavy atom. The van der Waals surface area contributed by atoms with E-state index in [1.165, 1.54) is 43.4 Å². The van der Waals surface area contributed by atoms with Crippen LogP contribution in [0.2, 0.25) is 0 Å². The summed E-state index contributed by atoms with van der Waals surface area (Å²) in [6.45, 7) is 3.58. The van der Waals surface area contributed by atoms with Gasteiger partial charge in [0.25, 0.3) is 0 Å². The summed E-state index contributed by atoms with van der Waals surface area (Å²) >= 11 is 0. The van der Waals surface area contributed by atoms with Crippen LogP contribution in [0, 0.1) is 0 Å². The second-order valence-corrected chi connectivity index (χ2v) is 6.04. The third kappa shape index (κ3) is 2.23. The van der Waals surface area contributed by atoms with Gasteiger partial charge in [0.15, 0.2) is 0 Å². The van der Waals surface area contributed by atoms with Gasteiger partial charge in [0.2, 0.25) is 0 Å². The molecule has 1 aromatic rings. The number of nitrogens with zero attached hydrogens (tertiary/aromatic N) is 1. The molecule has 3 nitrogen and oxygen atoms in total. The molecular formula is C17H26N2O. The normalized spacial score (nSPS) is 29.6. The van der Waals surface area contributed by atoms with E-state index in [-0.39, 0.29) is 0 Å². The molecule has 3 heteroatoms. The van der Waals surface area contributed by atoms with Gasteiger partial charge in [0.1, 0.15) is 5.75 Å². The zero-order valence-corrected chi connectivity index (χ0v) is 12.9. The van der Waals surface area contributed by atoms with Crippen LogP contribution < -0.4 is 10.1 Å². The third-order valence-electron chi connectivity index (χ3n) is 5.13. The number of benzene rings is 1. The summed E-state index contributed by atoms with van der Waals surface area (Å²) in [5.74, 6) is 0.970. The lowest BCUT2D eigenvalue weighted by molar-refractivity contribution is 0.151. The van der Waals surface area contributed by atoms with Crippen molar-refractivity contribution in [1.29, 1.82) is 0 Å². The van der Waals surface area contributed by atoms with Crippen molar-refractivity contribution in [3.63, 3.8) is 0 Å². The number of rotatable bonds is 4. The summed E-state index contributed by atoms with van der Waals surface area (Å²) in [6.07, 6.45) is 5.15. The molecule has 0 spiro atoms. The second kappa shape index (κ2) is 5.74. The van der Waals surface area contributed by atoms with Crippen LogP contribution >= 0.6 is 0 Å². The van der Waals surface area contributed by atoms with Gasteiger partial charge in [-0.3, -0.25) is 4.90 Å². The summed E-state index contributed by atoms with van der Waals surface area (Å²) in [5.41, 5.74) is 2.91. The van der Waals surface area contributed by atoms with Gasteiger partial charge in [0, 0.05) is 18.1 Å². The van der Waals surface area contributed by atoms with Gasteiger partial charge >= 0.3 is 0 Å². The molecule has 110 valence electrons. The maximum absolute atomic E-state index is 5.39. The lowest BCUT2D eigenvalue weighted by Crippen LogP contribution is -2.44. The largest absolute Gasteiger partial charge is 0.497 e. The lowest BCUT2D eigenvalue weighted by Gasteiger charge is -2.34. The van der Waals surface area contributed by atoms with E-state index >= 15 is 0 Å². The van der Waals surface area contributed by atoms with Crippen molar-refractivity contribution in [3.8, 4) is 5.75 Å². The smallest absolute Gasteiger partial charge is 0.119 e. The first-order chi connectivity index (χ1) is 9.78. The Hall–Kier alpha value is -1.06. The average molecular weight is 274 g/mol. The summed E-state index contributed by atoms with van der Waals surface area (Å²) in [4.78, 5) is 2.74. The first-order valence-electron chi connectivity index (χ1n) is 7.88. The number of methoxy groups -OCH3 is 1. The quantitative estimate of drug-likeness (QED) is 0.913. The van der Waals surface area contributed by atoms with Crippen molar-refractivity contribution >= 4 is 0 Å². The second-order valence-electron chi connectivity index (χ2n) is 6.04. The predicted octanol–water partition coefficient (Wildman–Crippen LogP) is 2.75. The van der Waals surface area contributed by atoms with Crippen LogP contribution in [0.5, 0.6) is 5.75 Å². The van der Waals surface area contributed by atoms with Gasteiger partial charge in [0.05, 0.1) is 7.11 Å². The minimum Gasteiger partial charge on any atom is -0.497 e. The van der Waals surface area contributed by atoms with E-state index in [9.17, 15) is 0 Å². The molecule has 0 aromatic heterocycles. The molecule has 20 heavy (non-hydrogen) atoms. The monoisotopic (exact) mass is 274 g/mol. The van der Waals surface area contributed by atoms with Crippen LogP contribution in [-0.4, -0.2) is 37.7 Å². The number of hydrogen-bond acceptors (Lipinski definition) is 3. The Balaban J connectivity index is 1.88. The van der Waals surface area contributed by atoms with Crippen molar-refractivity contribution in [2.45, 2.75) is 50.7 Å². The molecule has 1 aliphatic carbocycles. The highest BCUT2D eigenvalue weighted by molar-refractivity contribution is 5.43. The molecule has 0 radical (unpaired) electrons. The number of hydrogen-bond donors (Lipinski definition) is 1. The highest BCUT2D eigenvalue weighted by Gasteiger charge is 2.39. The standard InChI is InChI=1S/C17H26N2O/c1-4-13-6-5-9-19(13)16-10-12-7-8-14(20-3)11-15(12)17(16)18-2/h7-8,11,13,16-18H,4-6,9-10H2,1-3H3. The van der Waals surface area contributed by atoms with Gasteiger partial charge in [-0.05, 0) is 62.5 Å². The molecule has 1 saturated heterocycles. The predicted molar refractivity (Wildman–Crippen MR) is 82.3 cm³/mol. The highest BCUT2D eigenvalue weighted by atomic mass is 16.5. The van der Waals surface area contributed by atoms with Crippen LogP contribution in [0.1, 0.15) is 43.4 Å². The Bertz CT molecular complexity index is 474. The van der Waals surface area contributed by atoms with Gasteiger partial charge in [-0.1, -0.05) is 13.0 Å². The van der Waals surface area contributed by atoms with Gasteiger partial charge in [-0.25, -0.2) is 0 Å². The third-order valence-corrected chi connectivity index (χ3v) is 5.13. The van der Waals surface area contributed by atoms with Crippen molar-refractivity contribution in [2.75, 3.05) is 20.7 Å². The molecule has 0 saturated carbocycles. The number of ether oxygens (including phenoxy) is 1. The Morgan fingerprint density at radius 3 is 2.95 bits per heavy atom. The molecule has 0 bridgehead atoms. The van der Waals surface area contributed by atoms with Crippen molar-refractivity contribution in [1.82, 2.24) is 10.2 Å². The molecule has 1 aliphatic heterocycles. The number of likely N-dealkylation sites (N-methyl/N-ethyl adjacent to an activating group) is 1. The minimum atomic E-state index is 0.437. The summed E-state index contributed by atoms with van der Waals surface area (Å²) < 4.78 is 5.39. The Kier molecular flexibility index (Phi) is 3.99. The first kappa shape index (κ1) is 13.9. The van der Waals surface area contributed by atoms with Crippen LogP contribution in [-0.2, 0) is 6.42 Å². The summed E-state index contributed by atoms with van der Waals surface area (Å²) in [7, 11) is 3.83. The maximum atomic E-state index is 5.39. The zero-order chi connectivity index (χ0) is 14.1. The van der Waals surface area contributed by atoms with Crippen LogP contribution in [0.4, 0.5) is 0 Å². The number of nitrogens with one attached hydrogen (secondary N) is 1. The molecule has 0 amide bonds. The molecule has 2 aliphatic rings. The van der Waals surface area contributed by atoms with Gasteiger partial charge in [-0.15, -0.1) is 0 Å². The number of fused-ring (bicyclic) bond motifs is 1. The fraction of sp³-hybridized carbons (Fsp3) is 0.647. The molecular weight excluding hydrogens is 248 g/mol. The summed E-state index contributed by atoms with van der Waals surface area (Å²) in [6, 6.07) is 8.37.